The van der Waals surface area contributed by atoms with Crippen LogP contribution < -0.4 is 15.0 Å². The minimum Gasteiger partial charge on any atom is -0.490 e. The van der Waals surface area contributed by atoms with Crippen LogP contribution in [0.4, 0.5) is 13.2 Å². The molecular weight excluding hydrogens is 497 g/mol. The quantitative estimate of drug-likeness (QED) is 0.354. The Morgan fingerprint density at radius 2 is 1.75 bits per heavy atom. The summed E-state index contributed by atoms with van der Waals surface area (Å²) in [5.74, 6) is 0.00566. The molecule has 0 bridgehead atoms. The highest BCUT2D eigenvalue weighted by molar-refractivity contribution is 7.97. The lowest BCUT2D eigenvalue weighted by Gasteiger charge is -2.31. The zero-order chi connectivity index (χ0) is 25.4. The smallest absolute Gasteiger partial charge is 0.490 e. The van der Waals surface area contributed by atoms with Crippen LogP contribution in [0.5, 0.6) is 11.5 Å². The maximum atomic E-state index is 12.4. The second kappa shape index (κ2) is 12.7. The zero-order valence-electron chi connectivity index (χ0n) is 19.7. The average Bonchev–Trinajstić information content (AvgIpc) is 2.86. The van der Waals surface area contributed by atoms with Crippen molar-refractivity contribution in [2.24, 2.45) is 0 Å². The Hall–Kier alpha value is -2.47. The molecule has 2 heterocycles. The number of hydrogen-bond donors (Lipinski definition) is 1. The maximum absolute atomic E-state index is 12.4. The van der Waals surface area contributed by atoms with Crippen LogP contribution in [0, 0.1) is 0 Å². The van der Waals surface area contributed by atoms with Gasteiger partial charge in [-0.2, -0.15) is 0 Å². The Bertz CT molecular complexity index is 978. The molecule has 0 spiro atoms. The monoisotopic (exact) mass is 526 g/mol. The van der Waals surface area contributed by atoms with Crippen molar-refractivity contribution in [1.29, 1.82) is 0 Å². The lowest BCUT2D eigenvalue weighted by atomic mass is 10.1. The number of halogens is 3. The summed E-state index contributed by atoms with van der Waals surface area (Å²) < 4.78 is 54.5. The van der Waals surface area contributed by atoms with Gasteiger partial charge in [0.15, 0.2) is 6.29 Å². The predicted octanol–water partition coefficient (Wildman–Crippen LogP) is 5.25. The molecular formula is C25H29F3N2O5S. The van der Waals surface area contributed by atoms with Crippen molar-refractivity contribution in [3.63, 3.8) is 0 Å². The number of carbonyl (C=O) groups excluding carboxylic acids is 1. The first kappa shape index (κ1) is 26.6. The number of benzene rings is 2. The molecule has 4 rings (SSSR count). The van der Waals surface area contributed by atoms with E-state index in [0.29, 0.717) is 12.4 Å². The van der Waals surface area contributed by atoms with E-state index in [1.807, 2.05) is 24.3 Å². The lowest BCUT2D eigenvalue weighted by molar-refractivity contribution is -0.274. The summed E-state index contributed by atoms with van der Waals surface area (Å²) in [4.78, 5) is 18.8. The molecule has 2 fully saturated rings. The number of rotatable bonds is 9. The van der Waals surface area contributed by atoms with Crippen molar-refractivity contribution in [3.8, 4) is 11.5 Å². The number of hydroxylamine groups is 1. The van der Waals surface area contributed by atoms with Gasteiger partial charge in [0.2, 0.25) is 5.91 Å². The first-order valence-corrected chi connectivity index (χ1v) is 12.7. The van der Waals surface area contributed by atoms with Gasteiger partial charge in [-0.25, -0.2) is 14.6 Å². The van der Waals surface area contributed by atoms with Crippen LogP contribution in [0.15, 0.2) is 53.4 Å². The van der Waals surface area contributed by atoms with Crippen molar-refractivity contribution in [2.75, 3.05) is 19.7 Å². The summed E-state index contributed by atoms with van der Waals surface area (Å²) in [6.07, 6.45) is -0.600. The molecule has 1 amide bonds. The fourth-order valence-electron chi connectivity index (χ4n) is 3.98. The molecule has 2 aliphatic rings. The van der Waals surface area contributed by atoms with E-state index in [1.54, 1.807) is 11.9 Å². The molecule has 0 aliphatic carbocycles. The SMILES string of the molecule is O=C(Cc1ccccc1SN1CCC(Oc2ccc(OC(F)(F)F)cc2)CC1)NOC1CCCCO1. The Morgan fingerprint density at radius 3 is 2.44 bits per heavy atom. The first-order chi connectivity index (χ1) is 17.3. The van der Waals surface area contributed by atoms with E-state index < -0.39 is 6.36 Å². The normalized spacial score (nSPS) is 19.6. The van der Waals surface area contributed by atoms with E-state index in [1.165, 1.54) is 24.3 Å². The van der Waals surface area contributed by atoms with Gasteiger partial charge in [0.1, 0.15) is 17.6 Å². The number of carbonyl (C=O) groups is 1. The van der Waals surface area contributed by atoms with Gasteiger partial charge in [-0.1, -0.05) is 18.2 Å². The second-order valence-electron chi connectivity index (χ2n) is 8.58. The van der Waals surface area contributed by atoms with E-state index in [9.17, 15) is 18.0 Å². The number of amides is 1. The number of ether oxygens (including phenoxy) is 3. The molecule has 1 N–H and O–H groups in total. The highest BCUT2D eigenvalue weighted by Gasteiger charge is 2.31. The Labute approximate surface area is 212 Å². The maximum Gasteiger partial charge on any atom is 0.573 e. The Balaban J connectivity index is 1.22. The van der Waals surface area contributed by atoms with Crippen LogP contribution in [0.2, 0.25) is 0 Å². The van der Waals surface area contributed by atoms with Crippen molar-refractivity contribution >= 4 is 17.9 Å². The molecule has 2 aliphatic heterocycles. The highest BCUT2D eigenvalue weighted by atomic mass is 32.2. The Kier molecular flexibility index (Phi) is 9.35. The number of nitrogens with zero attached hydrogens (tertiary/aromatic N) is 1. The molecule has 2 aromatic rings. The fraction of sp³-hybridized carbons (Fsp3) is 0.480. The lowest BCUT2D eigenvalue weighted by Crippen LogP contribution is -2.35. The standard InChI is InChI=1S/C25H29F3N2O5S/c26-25(27,28)34-21-10-8-19(9-11-21)33-20-12-14-30(15-13-20)36-22-6-2-1-5-18(22)17-23(31)29-35-24-7-3-4-16-32-24/h1-2,5-6,8-11,20,24H,3-4,7,12-17H2,(H,29,31). The molecule has 1 atom stereocenters. The molecule has 0 aromatic heterocycles. The summed E-state index contributed by atoms with van der Waals surface area (Å²) in [5, 5.41) is 0. The molecule has 2 aromatic carbocycles. The van der Waals surface area contributed by atoms with Crippen molar-refractivity contribution in [1.82, 2.24) is 9.79 Å². The summed E-state index contributed by atoms with van der Waals surface area (Å²) in [5.41, 5.74) is 3.42. The molecule has 2 saturated heterocycles. The third-order valence-electron chi connectivity index (χ3n) is 5.75. The third kappa shape index (κ3) is 8.58. The summed E-state index contributed by atoms with van der Waals surface area (Å²) in [7, 11) is 0. The van der Waals surface area contributed by atoms with Crippen molar-refractivity contribution < 1.29 is 37.0 Å². The van der Waals surface area contributed by atoms with Crippen LogP contribution in [-0.2, 0) is 20.8 Å². The van der Waals surface area contributed by atoms with Gasteiger partial charge in [0, 0.05) is 31.0 Å². The summed E-state index contributed by atoms with van der Waals surface area (Å²) in [6.45, 7) is 2.19. The first-order valence-electron chi connectivity index (χ1n) is 11.9. The van der Waals surface area contributed by atoms with Gasteiger partial charge in [0.05, 0.1) is 6.42 Å². The van der Waals surface area contributed by atoms with Gasteiger partial charge in [-0.05, 0) is 73.5 Å². The van der Waals surface area contributed by atoms with Crippen LogP contribution in [0.1, 0.15) is 37.7 Å². The van der Waals surface area contributed by atoms with Crippen molar-refractivity contribution in [2.45, 2.75) is 62.2 Å². The minimum absolute atomic E-state index is 0.0311. The number of hydrogen-bond acceptors (Lipinski definition) is 7. The van der Waals surface area contributed by atoms with Gasteiger partial charge >= 0.3 is 6.36 Å². The molecule has 1 unspecified atom stereocenters. The van der Waals surface area contributed by atoms with Gasteiger partial charge in [0.25, 0.3) is 0 Å². The van der Waals surface area contributed by atoms with E-state index in [4.69, 9.17) is 14.3 Å². The van der Waals surface area contributed by atoms with Crippen LogP contribution in [-0.4, -0.2) is 48.7 Å². The molecule has 36 heavy (non-hydrogen) atoms. The third-order valence-corrected chi connectivity index (χ3v) is 6.97. The van der Waals surface area contributed by atoms with E-state index in [2.05, 4.69) is 14.5 Å². The van der Waals surface area contributed by atoms with Gasteiger partial charge in [-0.15, -0.1) is 13.2 Å². The topological polar surface area (TPSA) is 69.3 Å². The van der Waals surface area contributed by atoms with Gasteiger partial charge in [-0.3, -0.25) is 4.79 Å². The van der Waals surface area contributed by atoms with Crippen LogP contribution >= 0.6 is 11.9 Å². The fourth-order valence-corrected chi connectivity index (χ4v) is 5.04. The second-order valence-corrected chi connectivity index (χ2v) is 9.72. The molecule has 196 valence electrons. The van der Waals surface area contributed by atoms with Crippen molar-refractivity contribution in [3.05, 3.63) is 54.1 Å². The minimum atomic E-state index is -4.72. The van der Waals surface area contributed by atoms with E-state index >= 15 is 0 Å². The summed E-state index contributed by atoms with van der Waals surface area (Å²) >= 11 is 1.60. The molecule has 11 heteroatoms. The largest absolute Gasteiger partial charge is 0.573 e. The highest BCUT2D eigenvalue weighted by Crippen LogP contribution is 2.31. The predicted molar refractivity (Wildman–Crippen MR) is 127 cm³/mol. The zero-order valence-corrected chi connectivity index (χ0v) is 20.5. The molecule has 7 nitrogen and oxygen atoms in total. The number of nitrogens with one attached hydrogen (secondary N) is 1. The summed E-state index contributed by atoms with van der Waals surface area (Å²) in [6, 6.07) is 13.2. The average molecular weight is 527 g/mol. The van der Waals surface area contributed by atoms with Gasteiger partial charge < -0.3 is 14.2 Å². The Morgan fingerprint density at radius 1 is 1.03 bits per heavy atom. The van der Waals surface area contributed by atoms with E-state index in [-0.39, 0.29) is 30.5 Å². The molecule has 0 saturated carbocycles. The molecule has 0 radical (unpaired) electrons. The van der Waals surface area contributed by atoms with E-state index in [0.717, 1.165) is 55.7 Å². The number of alkyl halides is 3. The van der Waals surface area contributed by atoms with Crippen LogP contribution in [0.25, 0.3) is 0 Å². The van der Waals surface area contributed by atoms with Crippen LogP contribution in [0.3, 0.4) is 0 Å². The number of piperidine rings is 1.